The first-order valence-electron chi connectivity index (χ1n) is 6.85. The van der Waals surface area contributed by atoms with Crippen molar-refractivity contribution in [2.24, 2.45) is 0 Å². The van der Waals surface area contributed by atoms with E-state index >= 15 is 0 Å². The highest BCUT2D eigenvalue weighted by Gasteiger charge is 2.39. The van der Waals surface area contributed by atoms with E-state index in [1.165, 1.54) is 0 Å². The van der Waals surface area contributed by atoms with Crippen LogP contribution >= 0.6 is 16.1 Å². The van der Waals surface area contributed by atoms with Crippen molar-refractivity contribution in [3.63, 3.8) is 0 Å². The largest absolute Gasteiger partial charge is 0.273 e. The van der Waals surface area contributed by atoms with Gasteiger partial charge in [0.05, 0.1) is 22.1 Å². The van der Waals surface area contributed by atoms with Gasteiger partial charge in [0, 0.05) is 17.5 Å². The summed E-state index contributed by atoms with van der Waals surface area (Å²) < 4.78 is 1.01. The van der Waals surface area contributed by atoms with Gasteiger partial charge in [0.1, 0.15) is 0 Å². The Kier molecular flexibility index (Phi) is 4.08. The van der Waals surface area contributed by atoms with Gasteiger partial charge >= 0.3 is 0 Å². The molecule has 0 spiro atoms. The molecule has 2 aromatic rings. The molecular weight excluding hydrogens is 342 g/mol. The van der Waals surface area contributed by atoms with Crippen molar-refractivity contribution in [3.8, 4) is 11.8 Å². The zero-order valence-electron chi connectivity index (χ0n) is 11.6. The highest BCUT2D eigenvalue weighted by atomic mass is 79.9. The molecule has 2 aromatic carbocycles. The Hall–Kier alpha value is -2.38. The van der Waals surface area contributed by atoms with E-state index in [-0.39, 0.29) is 18.2 Å². The molecule has 3 nitrogen and oxygen atoms in total. The van der Waals surface area contributed by atoms with Crippen LogP contribution in [-0.2, 0) is 9.59 Å². The first-order chi connectivity index (χ1) is 10.7. The molecule has 0 bridgehead atoms. The normalized spacial score (nSPS) is 17.3. The molecule has 2 amide bonds. The summed E-state index contributed by atoms with van der Waals surface area (Å²) in [5.74, 6) is 5.28. The summed E-state index contributed by atoms with van der Waals surface area (Å²) in [6, 6.07) is 17.1. The van der Waals surface area contributed by atoms with Gasteiger partial charge in [-0.1, -0.05) is 48.2 Å². The van der Waals surface area contributed by atoms with Crippen LogP contribution in [0, 0.1) is 11.8 Å². The van der Waals surface area contributed by atoms with Crippen molar-refractivity contribution in [2.75, 3.05) is 0 Å². The van der Waals surface area contributed by atoms with Crippen molar-refractivity contribution >= 4 is 28.0 Å². The van der Waals surface area contributed by atoms with Crippen LogP contribution in [0.1, 0.15) is 29.0 Å². The Morgan fingerprint density at radius 1 is 0.955 bits per heavy atom. The zero-order chi connectivity index (χ0) is 15.5. The quantitative estimate of drug-likeness (QED) is 0.448. The van der Waals surface area contributed by atoms with Gasteiger partial charge in [0.25, 0.3) is 0 Å². The van der Waals surface area contributed by atoms with Crippen molar-refractivity contribution in [2.45, 2.75) is 12.3 Å². The van der Waals surface area contributed by atoms with E-state index in [9.17, 15) is 9.59 Å². The monoisotopic (exact) mass is 353 g/mol. The third-order valence-corrected chi connectivity index (χ3v) is 4.29. The predicted molar refractivity (Wildman–Crippen MR) is 87.0 cm³/mol. The van der Waals surface area contributed by atoms with Crippen LogP contribution < -0.4 is 0 Å². The number of halogens is 1. The molecule has 1 fully saturated rings. The van der Waals surface area contributed by atoms with E-state index in [0.29, 0.717) is 0 Å². The summed E-state index contributed by atoms with van der Waals surface area (Å²) in [5.41, 5.74) is 2.49. The van der Waals surface area contributed by atoms with E-state index in [1.807, 2.05) is 54.6 Å². The van der Waals surface area contributed by atoms with Gasteiger partial charge in [-0.25, -0.2) is 3.93 Å². The fourth-order valence-corrected chi connectivity index (χ4v) is 2.81. The van der Waals surface area contributed by atoms with E-state index in [4.69, 9.17) is 0 Å². The maximum absolute atomic E-state index is 12.2. The van der Waals surface area contributed by atoms with Crippen molar-refractivity contribution in [3.05, 3.63) is 71.3 Å². The maximum atomic E-state index is 12.2. The van der Waals surface area contributed by atoms with Gasteiger partial charge in [-0.15, -0.1) is 0 Å². The van der Waals surface area contributed by atoms with Gasteiger partial charge in [0.15, 0.2) is 0 Å². The second-order valence-corrected chi connectivity index (χ2v) is 5.68. The fraction of sp³-hybridized carbons (Fsp3) is 0.111. The molecule has 1 aliphatic heterocycles. The third-order valence-electron chi connectivity index (χ3n) is 3.54. The molecule has 3 rings (SSSR count). The molecule has 4 heteroatoms. The number of rotatable bonds is 1. The van der Waals surface area contributed by atoms with Gasteiger partial charge in [-0.05, 0) is 23.8 Å². The van der Waals surface area contributed by atoms with Crippen molar-refractivity contribution in [1.82, 2.24) is 3.93 Å². The number of amides is 2. The molecule has 1 heterocycles. The first-order valence-corrected chi connectivity index (χ1v) is 7.56. The molecule has 108 valence electrons. The SMILES string of the molecule is O=C1CC(c2ccccc2C#Cc2ccccc2)C(=O)N1Br. The Morgan fingerprint density at radius 2 is 1.64 bits per heavy atom. The lowest BCUT2D eigenvalue weighted by atomic mass is 9.93. The van der Waals surface area contributed by atoms with Crippen molar-refractivity contribution < 1.29 is 9.59 Å². The molecule has 1 unspecified atom stereocenters. The van der Waals surface area contributed by atoms with Gasteiger partial charge in [-0.2, -0.15) is 0 Å². The standard InChI is InChI=1S/C18H12BrNO2/c19-20-17(21)12-16(18(20)22)15-9-5-4-8-14(15)11-10-13-6-2-1-3-7-13/h1-9,16H,12H2. The predicted octanol–water partition coefficient (Wildman–Crippen LogP) is 3.24. The number of carbonyl (C=O) groups is 2. The molecule has 0 aromatic heterocycles. The summed E-state index contributed by atoms with van der Waals surface area (Å²) in [4.78, 5) is 23.8. The van der Waals surface area contributed by atoms with Gasteiger partial charge in [-0.3, -0.25) is 9.59 Å². The third kappa shape index (κ3) is 2.81. The van der Waals surface area contributed by atoms with E-state index in [1.54, 1.807) is 0 Å². The number of hydrogen-bond acceptors (Lipinski definition) is 2. The summed E-state index contributed by atoms with van der Waals surface area (Å²) in [7, 11) is 0. The molecule has 0 aliphatic carbocycles. The van der Waals surface area contributed by atoms with Crippen LogP contribution in [0.2, 0.25) is 0 Å². The smallest absolute Gasteiger partial charge is 0.247 e. The average Bonchev–Trinajstić information content (AvgIpc) is 2.82. The number of nitrogens with zero attached hydrogens (tertiary/aromatic N) is 1. The average molecular weight is 354 g/mol. The van der Waals surface area contributed by atoms with E-state index in [0.717, 1.165) is 20.6 Å². The Balaban J connectivity index is 1.97. The number of imide groups is 1. The Bertz CT molecular complexity index is 789. The Morgan fingerprint density at radius 3 is 2.32 bits per heavy atom. The van der Waals surface area contributed by atoms with E-state index in [2.05, 4.69) is 28.0 Å². The molecular formula is C18H12BrNO2. The lowest BCUT2D eigenvalue weighted by Gasteiger charge is -2.09. The minimum atomic E-state index is -0.465. The van der Waals surface area contributed by atoms with Crippen LogP contribution in [0.3, 0.4) is 0 Å². The molecule has 0 saturated carbocycles. The zero-order valence-corrected chi connectivity index (χ0v) is 13.2. The lowest BCUT2D eigenvalue weighted by molar-refractivity contribution is -0.131. The van der Waals surface area contributed by atoms with Crippen LogP contribution in [-0.4, -0.2) is 15.7 Å². The van der Waals surface area contributed by atoms with Crippen LogP contribution in [0.4, 0.5) is 0 Å². The van der Waals surface area contributed by atoms with Crippen LogP contribution in [0.25, 0.3) is 0 Å². The summed E-state index contributed by atoms with van der Waals surface area (Å²) in [5, 5.41) is 0. The number of benzene rings is 2. The summed E-state index contributed by atoms with van der Waals surface area (Å²) >= 11 is 3.01. The van der Waals surface area contributed by atoms with E-state index < -0.39 is 5.92 Å². The molecule has 0 radical (unpaired) electrons. The summed E-state index contributed by atoms with van der Waals surface area (Å²) in [6.45, 7) is 0. The second-order valence-electron chi connectivity index (χ2n) is 4.97. The molecule has 1 aliphatic rings. The highest BCUT2D eigenvalue weighted by molar-refractivity contribution is 9.08. The van der Waals surface area contributed by atoms with Gasteiger partial charge in [0.2, 0.25) is 11.8 Å². The minimum absolute atomic E-state index is 0.175. The molecule has 22 heavy (non-hydrogen) atoms. The minimum Gasteiger partial charge on any atom is -0.273 e. The number of hydrogen-bond donors (Lipinski definition) is 0. The molecule has 1 atom stereocenters. The topological polar surface area (TPSA) is 37.4 Å². The highest BCUT2D eigenvalue weighted by Crippen LogP contribution is 2.33. The van der Waals surface area contributed by atoms with Gasteiger partial charge < -0.3 is 0 Å². The lowest BCUT2D eigenvalue weighted by Crippen LogP contribution is -2.19. The van der Waals surface area contributed by atoms with Crippen LogP contribution in [0.15, 0.2) is 54.6 Å². The maximum Gasteiger partial charge on any atom is 0.247 e. The molecule has 1 saturated heterocycles. The fourth-order valence-electron chi connectivity index (χ4n) is 2.42. The Labute approximate surface area is 137 Å². The van der Waals surface area contributed by atoms with Crippen LogP contribution in [0.5, 0.6) is 0 Å². The first kappa shape index (κ1) is 14.6. The summed E-state index contributed by atoms with van der Waals surface area (Å²) in [6.07, 6.45) is 0.175. The number of carbonyl (C=O) groups excluding carboxylic acids is 2. The molecule has 0 N–H and O–H groups in total. The van der Waals surface area contributed by atoms with Crippen molar-refractivity contribution in [1.29, 1.82) is 0 Å². The second kappa shape index (κ2) is 6.17.